The summed E-state index contributed by atoms with van der Waals surface area (Å²) in [4.78, 5) is 12.7. The molecule has 1 amide bonds. The molecule has 0 atom stereocenters. The molecule has 90 valence electrons. The summed E-state index contributed by atoms with van der Waals surface area (Å²) in [6, 6.07) is 3.86. The first-order chi connectivity index (χ1) is 8.24. The van der Waals surface area contributed by atoms with Crippen molar-refractivity contribution in [3.63, 3.8) is 0 Å². The Hall–Kier alpha value is -1.14. The Labute approximate surface area is 112 Å². The molecule has 0 aliphatic heterocycles. The quantitative estimate of drug-likeness (QED) is 0.921. The molecule has 0 spiro atoms. The predicted molar refractivity (Wildman–Crippen MR) is 70.7 cm³/mol. The first-order valence-corrected chi connectivity index (χ1v) is 6.88. The van der Waals surface area contributed by atoms with Crippen LogP contribution in [0.4, 0.5) is 0 Å². The van der Waals surface area contributed by atoms with E-state index < -0.39 is 0 Å². The van der Waals surface area contributed by atoms with Crippen LogP contribution in [0.1, 0.15) is 11.3 Å². The number of amides is 1. The fourth-order valence-electron chi connectivity index (χ4n) is 1.37. The number of carbonyl (C=O) groups excluding carboxylic acids is 1. The number of rotatable bonds is 5. The lowest BCUT2D eigenvalue weighted by Crippen LogP contribution is -2.23. The van der Waals surface area contributed by atoms with Gasteiger partial charge in [-0.1, -0.05) is 0 Å². The van der Waals surface area contributed by atoms with Crippen molar-refractivity contribution < 1.29 is 4.79 Å². The SMILES string of the molecule is O=C(CCn1cccn1)NCc1cc(Br)cs1. The second kappa shape index (κ2) is 5.97. The van der Waals surface area contributed by atoms with Crippen LogP contribution in [0.15, 0.2) is 34.4 Å². The van der Waals surface area contributed by atoms with Crippen molar-refractivity contribution in [2.75, 3.05) is 0 Å². The summed E-state index contributed by atoms with van der Waals surface area (Å²) >= 11 is 5.01. The maximum absolute atomic E-state index is 11.6. The molecule has 2 rings (SSSR count). The number of aryl methyl sites for hydroxylation is 1. The second-order valence-electron chi connectivity index (χ2n) is 3.53. The summed E-state index contributed by atoms with van der Waals surface area (Å²) in [6.07, 6.45) is 4.01. The van der Waals surface area contributed by atoms with Crippen molar-refractivity contribution >= 4 is 33.2 Å². The van der Waals surface area contributed by atoms with E-state index >= 15 is 0 Å². The van der Waals surface area contributed by atoms with E-state index in [9.17, 15) is 4.79 Å². The van der Waals surface area contributed by atoms with Gasteiger partial charge in [-0.15, -0.1) is 11.3 Å². The summed E-state index contributed by atoms with van der Waals surface area (Å²) in [5, 5.41) is 8.93. The van der Waals surface area contributed by atoms with Gasteiger partial charge >= 0.3 is 0 Å². The smallest absolute Gasteiger partial charge is 0.222 e. The summed E-state index contributed by atoms with van der Waals surface area (Å²) in [6.45, 7) is 1.21. The van der Waals surface area contributed by atoms with Crippen LogP contribution in [0.2, 0.25) is 0 Å². The first kappa shape index (κ1) is 12.3. The topological polar surface area (TPSA) is 46.9 Å². The molecule has 0 saturated carbocycles. The van der Waals surface area contributed by atoms with Gasteiger partial charge in [0.15, 0.2) is 0 Å². The van der Waals surface area contributed by atoms with Gasteiger partial charge in [0, 0.05) is 40.1 Å². The highest BCUT2D eigenvalue weighted by molar-refractivity contribution is 9.10. The van der Waals surface area contributed by atoms with Gasteiger partial charge in [-0.2, -0.15) is 5.10 Å². The van der Waals surface area contributed by atoms with Crippen molar-refractivity contribution in [1.29, 1.82) is 0 Å². The first-order valence-electron chi connectivity index (χ1n) is 5.21. The average molecular weight is 314 g/mol. The standard InChI is InChI=1S/C11H12BrN3OS/c12-9-6-10(17-8-9)7-13-11(16)2-5-15-4-1-3-14-15/h1,3-4,6,8H,2,5,7H2,(H,13,16). The third-order valence-corrected chi connectivity index (χ3v) is 3.91. The summed E-state index contributed by atoms with van der Waals surface area (Å²) in [7, 11) is 0. The van der Waals surface area contributed by atoms with Gasteiger partial charge in [-0.25, -0.2) is 0 Å². The van der Waals surface area contributed by atoms with Gasteiger partial charge in [0.05, 0.1) is 6.54 Å². The number of thiophene rings is 1. The molecule has 0 fully saturated rings. The Bertz CT molecular complexity index is 481. The van der Waals surface area contributed by atoms with E-state index in [4.69, 9.17) is 0 Å². The van der Waals surface area contributed by atoms with E-state index in [1.54, 1.807) is 22.2 Å². The van der Waals surface area contributed by atoms with Crippen LogP contribution in [0.25, 0.3) is 0 Å². The van der Waals surface area contributed by atoms with Gasteiger partial charge < -0.3 is 5.32 Å². The lowest BCUT2D eigenvalue weighted by atomic mass is 10.4. The number of hydrogen-bond donors (Lipinski definition) is 1. The summed E-state index contributed by atoms with van der Waals surface area (Å²) in [5.41, 5.74) is 0. The van der Waals surface area contributed by atoms with Gasteiger partial charge in [-0.05, 0) is 28.1 Å². The average Bonchev–Trinajstić information content (AvgIpc) is 2.95. The van der Waals surface area contributed by atoms with E-state index in [2.05, 4.69) is 26.3 Å². The largest absolute Gasteiger partial charge is 0.351 e. The molecule has 0 aromatic carbocycles. The number of halogens is 1. The highest BCUT2D eigenvalue weighted by Gasteiger charge is 2.03. The summed E-state index contributed by atoms with van der Waals surface area (Å²) < 4.78 is 2.81. The van der Waals surface area contributed by atoms with Crippen molar-refractivity contribution in [2.24, 2.45) is 0 Å². The van der Waals surface area contributed by atoms with Crippen LogP contribution in [-0.4, -0.2) is 15.7 Å². The van der Waals surface area contributed by atoms with Crippen molar-refractivity contribution in [3.05, 3.63) is 39.3 Å². The Morgan fingerprint density at radius 1 is 1.59 bits per heavy atom. The molecule has 0 saturated heterocycles. The third kappa shape index (κ3) is 3.98. The zero-order valence-electron chi connectivity index (χ0n) is 9.10. The van der Waals surface area contributed by atoms with Crippen LogP contribution in [-0.2, 0) is 17.9 Å². The molecule has 1 N–H and O–H groups in total. The normalized spacial score (nSPS) is 10.4. The molecule has 2 heterocycles. The minimum atomic E-state index is 0.0463. The highest BCUT2D eigenvalue weighted by Crippen LogP contribution is 2.19. The second-order valence-corrected chi connectivity index (χ2v) is 5.44. The van der Waals surface area contributed by atoms with Crippen molar-refractivity contribution in [3.8, 4) is 0 Å². The molecule has 2 aromatic rings. The Kier molecular flexibility index (Phi) is 4.33. The number of hydrogen-bond acceptors (Lipinski definition) is 3. The molecule has 0 aliphatic rings. The zero-order valence-corrected chi connectivity index (χ0v) is 11.5. The number of carbonyl (C=O) groups is 1. The molecule has 4 nitrogen and oxygen atoms in total. The van der Waals surface area contributed by atoms with E-state index in [0.29, 0.717) is 19.5 Å². The van der Waals surface area contributed by atoms with E-state index in [1.807, 2.05) is 23.7 Å². The van der Waals surface area contributed by atoms with Crippen LogP contribution >= 0.6 is 27.3 Å². The van der Waals surface area contributed by atoms with Gasteiger partial charge in [0.25, 0.3) is 0 Å². The molecule has 6 heteroatoms. The number of aromatic nitrogens is 2. The monoisotopic (exact) mass is 313 g/mol. The molecule has 0 aliphatic carbocycles. The van der Waals surface area contributed by atoms with Crippen LogP contribution in [0.3, 0.4) is 0 Å². The van der Waals surface area contributed by atoms with Gasteiger partial charge in [-0.3, -0.25) is 9.48 Å². The minimum Gasteiger partial charge on any atom is -0.351 e. The zero-order chi connectivity index (χ0) is 12.1. The lowest BCUT2D eigenvalue weighted by molar-refractivity contribution is -0.121. The van der Waals surface area contributed by atoms with Crippen molar-refractivity contribution in [1.82, 2.24) is 15.1 Å². The predicted octanol–water partition coefficient (Wildman–Crippen LogP) is 2.41. The Morgan fingerprint density at radius 3 is 3.12 bits per heavy atom. The fourth-order valence-corrected chi connectivity index (χ4v) is 2.76. The molecule has 0 radical (unpaired) electrons. The molecular formula is C11H12BrN3OS. The molecule has 0 unspecified atom stereocenters. The number of nitrogens with one attached hydrogen (secondary N) is 1. The molecular weight excluding hydrogens is 302 g/mol. The fraction of sp³-hybridized carbons (Fsp3) is 0.273. The van der Waals surface area contributed by atoms with Gasteiger partial charge in [0.2, 0.25) is 5.91 Å². The maximum Gasteiger partial charge on any atom is 0.222 e. The van der Waals surface area contributed by atoms with Crippen molar-refractivity contribution in [2.45, 2.75) is 19.5 Å². The highest BCUT2D eigenvalue weighted by atomic mass is 79.9. The minimum absolute atomic E-state index is 0.0463. The van der Waals surface area contributed by atoms with Crippen LogP contribution in [0, 0.1) is 0 Å². The third-order valence-electron chi connectivity index (χ3n) is 2.21. The molecule has 17 heavy (non-hydrogen) atoms. The van der Waals surface area contributed by atoms with E-state index in [0.717, 1.165) is 9.35 Å². The van der Waals surface area contributed by atoms with Gasteiger partial charge in [0.1, 0.15) is 0 Å². The van der Waals surface area contributed by atoms with E-state index in [1.165, 1.54) is 0 Å². The summed E-state index contributed by atoms with van der Waals surface area (Å²) in [5.74, 6) is 0.0463. The van der Waals surface area contributed by atoms with E-state index in [-0.39, 0.29) is 5.91 Å². The number of nitrogens with zero attached hydrogens (tertiary/aromatic N) is 2. The maximum atomic E-state index is 11.6. The molecule has 0 bridgehead atoms. The molecule has 2 aromatic heterocycles. The van der Waals surface area contributed by atoms with Crippen LogP contribution < -0.4 is 5.32 Å². The lowest BCUT2D eigenvalue weighted by Gasteiger charge is -2.03. The Balaban J connectivity index is 1.71. The van der Waals surface area contributed by atoms with Crippen LogP contribution in [0.5, 0.6) is 0 Å². The Morgan fingerprint density at radius 2 is 2.47 bits per heavy atom.